The van der Waals surface area contributed by atoms with E-state index in [4.69, 9.17) is 4.74 Å². The summed E-state index contributed by atoms with van der Waals surface area (Å²) in [6.45, 7) is 6.02. The molecule has 1 saturated heterocycles. The molecule has 2 aromatic carbocycles. The molecule has 8 atom stereocenters. The molecule has 0 bridgehead atoms. The van der Waals surface area contributed by atoms with Crippen LogP contribution in [0.1, 0.15) is 89.7 Å². The van der Waals surface area contributed by atoms with Crippen molar-refractivity contribution in [2.45, 2.75) is 121 Å². The number of carbonyl (C=O) groups is 4. The molecule has 0 spiro atoms. The first kappa shape index (κ1) is 38.0. The minimum absolute atomic E-state index is 0.127. The van der Waals surface area contributed by atoms with E-state index in [9.17, 15) is 24.7 Å². The second-order valence-electron chi connectivity index (χ2n) is 15.5. The number of nitrogens with one attached hydrogen (secondary N) is 3. The van der Waals surface area contributed by atoms with Crippen molar-refractivity contribution in [2.24, 2.45) is 28.8 Å². The lowest BCUT2D eigenvalue weighted by atomic mass is 9.66. The second-order valence-corrected chi connectivity index (χ2v) is 15.5. The molecule has 0 aromatic heterocycles. The third-order valence-corrected chi connectivity index (χ3v) is 11.0. The first-order valence-corrected chi connectivity index (χ1v) is 18.8. The molecule has 3 amide bonds. The largest absolute Gasteiger partial charge is 0.361 e. The van der Waals surface area contributed by atoms with E-state index in [0.717, 1.165) is 36.3 Å². The highest BCUT2D eigenvalue weighted by atomic mass is 16.6. The molecule has 11 heteroatoms. The van der Waals surface area contributed by atoms with Gasteiger partial charge in [-0.2, -0.15) is 0 Å². The minimum atomic E-state index is -1.06. The lowest BCUT2D eigenvalue weighted by molar-refractivity contribution is -0.134. The normalized spacial score (nSPS) is 24.8. The van der Waals surface area contributed by atoms with Gasteiger partial charge in [0.2, 0.25) is 17.7 Å². The van der Waals surface area contributed by atoms with Gasteiger partial charge < -0.3 is 20.7 Å². The van der Waals surface area contributed by atoms with Crippen molar-refractivity contribution >= 4 is 23.5 Å². The van der Waals surface area contributed by atoms with Gasteiger partial charge in [0.25, 0.3) is 0 Å². The molecule has 2 aromatic rings. The SMILES string of the molecule is CC(C)C[C@H](NC(=O)[C@H](Cc1ccccc1)NC(=O)[C@H](CC1CCC2CCCCC2C1)NC(=O)C(Cc1ccccc1)N=[N+]=[N-])C(=O)[C@@]1(C)CO1. The smallest absolute Gasteiger partial charge is 0.243 e. The van der Waals surface area contributed by atoms with Gasteiger partial charge in [-0.25, -0.2) is 0 Å². The second kappa shape index (κ2) is 17.8. The minimum Gasteiger partial charge on any atom is -0.361 e. The Kier molecular flexibility index (Phi) is 13.3. The van der Waals surface area contributed by atoms with Gasteiger partial charge in [0.1, 0.15) is 23.7 Å². The Balaban J connectivity index is 1.37. The van der Waals surface area contributed by atoms with E-state index in [1.165, 1.54) is 25.7 Å². The number of benzene rings is 2. The number of ether oxygens (including phenoxy) is 1. The molecule has 4 unspecified atom stereocenters. The predicted octanol–water partition coefficient (Wildman–Crippen LogP) is 6.01. The number of azide groups is 1. The molecule has 1 heterocycles. The monoisotopic (exact) mass is 698 g/mol. The topological polar surface area (TPSA) is 166 Å². The molecule has 3 fully saturated rings. The fourth-order valence-corrected chi connectivity index (χ4v) is 8.03. The average Bonchev–Trinajstić information content (AvgIpc) is 3.88. The van der Waals surface area contributed by atoms with Crippen LogP contribution in [0.25, 0.3) is 10.4 Å². The number of hydrogen-bond acceptors (Lipinski definition) is 6. The Labute approximate surface area is 301 Å². The van der Waals surface area contributed by atoms with Gasteiger partial charge in [0.15, 0.2) is 5.78 Å². The van der Waals surface area contributed by atoms with Crippen LogP contribution >= 0.6 is 0 Å². The van der Waals surface area contributed by atoms with Gasteiger partial charge in [-0.05, 0) is 79.4 Å². The molecular formula is C40H54N6O5. The van der Waals surface area contributed by atoms with Crippen LogP contribution in [0.2, 0.25) is 0 Å². The molecule has 5 rings (SSSR count). The number of rotatable bonds is 17. The lowest BCUT2D eigenvalue weighted by Gasteiger charge is -2.40. The molecule has 2 saturated carbocycles. The number of amides is 3. The fraction of sp³-hybridized carbons (Fsp3) is 0.600. The number of epoxide rings is 1. The summed E-state index contributed by atoms with van der Waals surface area (Å²) >= 11 is 0. The Bertz CT molecular complexity index is 1540. The zero-order chi connectivity index (χ0) is 36.4. The number of Topliss-reactive ketones (excluding diaryl/α,β-unsaturated/α-hetero) is 1. The molecule has 1 aliphatic heterocycles. The predicted molar refractivity (Wildman–Crippen MR) is 195 cm³/mol. The van der Waals surface area contributed by atoms with Crippen molar-refractivity contribution in [3.05, 3.63) is 82.2 Å². The van der Waals surface area contributed by atoms with Crippen LogP contribution in [-0.4, -0.2) is 59.9 Å². The van der Waals surface area contributed by atoms with Crippen molar-refractivity contribution in [1.29, 1.82) is 0 Å². The standard InChI is InChI=1S/C40H54N6O5/c1-26(2)20-32(36(47)40(3)25-51-40)42-37(48)33(22-27-12-6-4-7-13-27)43-38(49)34(24-29-18-19-30-16-10-11-17-31(30)21-29)44-39(50)35(45-46-41)23-28-14-8-5-9-15-28/h4-9,12-15,26,29-35H,10-11,16-25H2,1-3H3,(H,42,48)(H,43,49)(H,44,50)/t29?,30?,31?,32-,33-,34-,35?,40+/m0/s1. The zero-order valence-corrected chi connectivity index (χ0v) is 30.3. The molecule has 274 valence electrons. The van der Waals surface area contributed by atoms with E-state index in [-0.39, 0.29) is 30.5 Å². The van der Waals surface area contributed by atoms with Crippen LogP contribution in [0.5, 0.6) is 0 Å². The molecular weight excluding hydrogens is 644 g/mol. The highest BCUT2D eigenvalue weighted by molar-refractivity contribution is 5.98. The van der Waals surface area contributed by atoms with Crippen LogP contribution in [0.3, 0.4) is 0 Å². The third-order valence-electron chi connectivity index (χ3n) is 11.0. The van der Waals surface area contributed by atoms with Crippen molar-refractivity contribution < 1.29 is 23.9 Å². The number of nitrogens with zero attached hydrogens (tertiary/aromatic N) is 3. The van der Waals surface area contributed by atoms with Crippen LogP contribution < -0.4 is 16.0 Å². The van der Waals surface area contributed by atoms with E-state index in [1.807, 2.05) is 74.5 Å². The first-order chi connectivity index (χ1) is 24.5. The summed E-state index contributed by atoms with van der Waals surface area (Å²) < 4.78 is 5.43. The summed E-state index contributed by atoms with van der Waals surface area (Å²) in [7, 11) is 0. The van der Waals surface area contributed by atoms with Crippen molar-refractivity contribution in [3.63, 3.8) is 0 Å². The summed E-state index contributed by atoms with van der Waals surface area (Å²) in [4.78, 5) is 58.5. The summed E-state index contributed by atoms with van der Waals surface area (Å²) in [5, 5.41) is 12.7. The van der Waals surface area contributed by atoms with Crippen LogP contribution in [0, 0.1) is 23.7 Å². The van der Waals surface area contributed by atoms with Gasteiger partial charge in [0, 0.05) is 11.3 Å². The highest BCUT2D eigenvalue weighted by Crippen LogP contribution is 2.44. The zero-order valence-electron chi connectivity index (χ0n) is 30.3. The number of hydrogen-bond donors (Lipinski definition) is 3. The number of ketones is 1. The van der Waals surface area contributed by atoms with Crippen LogP contribution in [-0.2, 0) is 36.8 Å². The highest BCUT2D eigenvalue weighted by Gasteiger charge is 2.50. The van der Waals surface area contributed by atoms with Gasteiger partial charge in [-0.3, -0.25) is 19.2 Å². The van der Waals surface area contributed by atoms with Crippen molar-refractivity contribution in [1.82, 2.24) is 16.0 Å². The maximum absolute atomic E-state index is 14.3. The van der Waals surface area contributed by atoms with E-state index in [0.29, 0.717) is 25.4 Å². The molecule has 0 radical (unpaired) electrons. The van der Waals surface area contributed by atoms with E-state index in [2.05, 4.69) is 26.0 Å². The van der Waals surface area contributed by atoms with Crippen molar-refractivity contribution in [3.8, 4) is 0 Å². The first-order valence-electron chi connectivity index (χ1n) is 18.8. The van der Waals surface area contributed by atoms with Crippen LogP contribution in [0.4, 0.5) is 0 Å². The summed E-state index contributed by atoms with van der Waals surface area (Å²) in [5.74, 6) is 0.0284. The molecule has 3 aliphatic rings. The molecule has 11 nitrogen and oxygen atoms in total. The van der Waals surface area contributed by atoms with Gasteiger partial charge in [-0.1, -0.05) is 112 Å². The molecule has 2 aliphatic carbocycles. The third kappa shape index (κ3) is 10.9. The lowest BCUT2D eigenvalue weighted by Crippen LogP contribution is -2.58. The Morgan fingerprint density at radius 1 is 0.804 bits per heavy atom. The summed E-state index contributed by atoms with van der Waals surface area (Å²) in [6.07, 6.45) is 9.26. The van der Waals surface area contributed by atoms with Gasteiger partial charge >= 0.3 is 0 Å². The van der Waals surface area contributed by atoms with E-state index in [1.54, 1.807) is 6.92 Å². The number of fused-ring (bicyclic) bond motifs is 1. The molecule has 51 heavy (non-hydrogen) atoms. The van der Waals surface area contributed by atoms with Gasteiger partial charge in [0.05, 0.1) is 12.6 Å². The Hall–Kier alpha value is -4.21. The summed E-state index contributed by atoms with van der Waals surface area (Å²) in [6, 6.07) is 14.9. The van der Waals surface area contributed by atoms with Crippen LogP contribution in [0.15, 0.2) is 65.8 Å². The van der Waals surface area contributed by atoms with Crippen molar-refractivity contribution in [2.75, 3.05) is 6.61 Å². The molecule has 3 N–H and O–H groups in total. The Morgan fingerprint density at radius 2 is 1.37 bits per heavy atom. The maximum Gasteiger partial charge on any atom is 0.243 e. The number of carbonyl (C=O) groups excluding carboxylic acids is 4. The Morgan fingerprint density at radius 3 is 1.98 bits per heavy atom. The van der Waals surface area contributed by atoms with Gasteiger partial charge in [-0.15, -0.1) is 0 Å². The summed E-state index contributed by atoms with van der Waals surface area (Å²) in [5.41, 5.74) is 10.1. The van der Waals surface area contributed by atoms with E-state index < -0.39 is 47.5 Å². The quantitative estimate of drug-likeness (QED) is 0.0796. The van der Waals surface area contributed by atoms with E-state index >= 15 is 0 Å². The maximum atomic E-state index is 14.3. The fourth-order valence-electron chi connectivity index (χ4n) is 8.03. The average molecular weight is 699 g/mol.